The average Bonchev–Trinajstić information content (AvgIpc) is 2.93. The first-order chi connectivity index (χ1) is 10.2. The van der Waals surface area contributed by atoms with Gasteiger partial charge >= 0.3 is 5.97 Å². The fraction of sp³-hybridized carbons (Fsp3) is 0. The molecule has 2 heterocycles. The fourth-order valence-corrected chi connectivity index (χ4v) is 1.98. The van der Waals surface area contributed by atoms with Crippen LogP contribution in [0.1, 0.15) is 10.5 Å². The van der Waals surface area contributed by atoms with Crippen LogP contribution in [0.5, 0.6) is 0 Å². The Bertz CT molecular complexity index is 802. The molecule has 0 bridgehead atoms. The van der Waals surface area contributed by atoms with Crippen molar-refractivity contribution < 1.29 is 14.3 Å². The number of carboxylic acids is 1. The van der Waals surface area contributed by atoms with Crippen molar-refractivity contribution in [1.82, 2.24) is 20.0 Å². The van der Waals surface area contributed by atoms with Gasteiger partial charge in [-0.2, -0.15) is 0 Å². The number of pyridine rings is 1. The molecule has 104 valence electrons. The lowest BCUT2D eigenvalue weighted by atomic mass is 10.1. The molecule has 0 radical (unpaired) electrons. The number of benzene rings is 1. The lowest BCUT2D eigenvalue weighted by molar-refractivity contribution is 0.0691. The SMILES string of the molecule is O=C(O)c1nnn(-c2ccccc2F)c1-c1cccnc1. The van der Waals surface area contributed by atoms with Crippen molar-refractivity contribution in [2.75, 3.05) is 0 Å². The van der Waals surface area contributed by atoms with E-state index in [0.717, 1.165) is 4.68 Å². The van der Waals surface area contributed by atoms with Gasteiger partial charge in [-0.25, -0.2) is 13.9 Å². The van der Waals surface area contributed by atoms with Crippen LogP contribution in [0.15, 0.2) is 48.8 Å². The Balaban J connectivity index is 2.28. The topological polar surface area (TPSA) is 80.9 Å². The molecule has 0 atom stereocenters. The Morgan fingerprint density at radius 1 is 1.19 bits per heavy atom. The highest BCUT2D eigenvalue weighted by Crippen LogP contribution is 2.25. The summed E-state index contributed by atoms with van der Waals surface area (Å²) in [5, 5.41) is 16.6. The molecule has 0 aliphatic rings. The Morgan fingerprint density at radius 2 is 2.00 bits per heavy atom. The number of carbonyl (C=O) groups is 1. The molecule has 0 spiro atoms. The van der Waals surface area contributed by atoms with Gasteiger partial charge in [0.2, 0.25) is 0 Å². The molecular weight excluding hydrogens is 275 g/mol. The van der Waals surface area contributed by atoms with E-state index in [9.17, 15) is 14.3 Å². The zero-order valence-electron chi connectivity index (χ0n) is 10.6. The van der Waals surface area contributed by atoms with Gasteiger partial charge in [-0.05, 0) is 24.3 Å². The van der Waals surface area contributed by atoms with E-state index in [1.807, 2.05) is 0 Å². The molecule has 0 saturated carbocycles. The highest BCUT2D eigenvalue weighted by molar-refractivity contribution is 5.92. The molecular formula is C14H9FN4O2. The molecule has 2 aromatic heterocycles. The molecule has 6 nitrogen and oxygen atoms in total. The summed E-state index contributed by atoms with van der Waals surface area (Å²) < 4.78 is 15.1. The van der Waals surface area contributed by atoms with Gasteiger partial charge in [0, 0.05) is 18.0 Å². The number of aromatic carboxylic acids is 1. The summed E-state index contributed by atoms with van der Waals surface area (Å²) in [6.45, 7) is 0. The minimum absolute atomic E-state index is 0.122. The van der Waals surface area contributed by atoms with Crippen molar-refractivity contribution >= 4 is 5.97 Å². The van der Waals surface area contributed by atoms with Crippen LogP contribution < -0.4 is 0 Å². The monoisotopic (exact) mass is 284 g/mol. The minimum atomic E-state index is -1.24. The van der Waals surface area contributed by atoms with E-state index >= 15 is 0 Å². The molecule has 7 heteroatoms. The van der Waals surface area contributed by atoms with Crippen molar-refractivity contribution in [3.8, 4) is 16.9 Å². The Labute approximate surface area is 118 Å². The second-order valence-electron chi connectivity index (χ2n) is 4.20. The standard InChI is InChI=1S/C14H9FN4O2/c15-10-5-1-2-6-11(10)19-13(9-4-3-7-16-8-9)12(14(20)21)17-18-19/h1-8H,(H,20,21). The van der Waals surface area contributed by atoms with Crippen molar-refractivity contribution in [2.45, 2.75) is 0 Å². The molecule has 1 N–H and O–H groups in total. The van der Waals surface area contributed by atoms with Crippen LogP contribution in [0.25, 0.3) is 16.9 Å². The van der Waals surface area contributed by atoms with Crippen molar-refractivity contribution in [1.29, 1.82) is 0 Å². The highest BCUT2D eigenvalue weighted by atomic mass is 19.1. The third-order valence-corrected chi connectivity index (χ3v) is 2.89. The first-order valence-electron chi connectivity index (χ1n) is 6.03. The maximum atomic E-state index is 13.9. The first kappa shape index (κ1) is 12.9. The summed E-state index contributed by atoms with van der Waals surface area (Å²) in [7, 11) is 0. The summed E-state index contributed by atoms with van der Waals surface area (Å²) in [5.74, 6) is -1.76. The van der Waals surface area contributed by atoms with E-state index in [-0.39, 0.29) is 17.1 Å². The zero-order valence-corrected chi connectivity index (χ0v) is 10.6. The van der Waals surface area contributed by atoms with Crippen LogP contribution >= 0.6 is 0 Å². The number of hydrogen-bond acceptors (Lipinski definition) is 4. The zero-order chi connectivity index (χ0) is 14.8. The van der Waals surface area contributed by atoms with Crippen molar-refractivity contribution in [3.63, 3.8) is 0 Å². The minimum Gasteiger partial charge on any atom is -0.476 e. The third kappa shape index (κ3) is 2.25. The van der Waals surface area contributed by atoms with Gasteiger partial charge in [0.1, 0.15) is 17.2 Å². The second kappa shape index (κ2) is 5.12. The second-order valence-corrected chi connectivity index (χ2v) is 4.20. The Kier molecular flexibility index (Phi) is 3.15. The van der Waals surface area contributed by atoms with Crippen LogP contribution in [0.3, 0.4) is 0 Å². The molecule has 0 unspecified atom stereocenters. The predicted octanol–water partition coefficient (Wildman–Crippen LogP) is 2.17. The van der Waals surface area contributed by atoms with Gasteiger partial charge in [0.05, 0.1) is 0 Å². The molecule has 3 aromatic rings. The molecule has 1 aromatic carbocycles. The van der Waals surface area contributed by atoms with E-state index in [1.54, 1.807) is 24.4 Å². The largest absolute Gasteiger partial charge is 0.476 e. The molecule has 0 fully saturated rings. The molecule has 0 saturated heterocycles. The van der Waals surface area contributed by atoms with Crippen molar-refractivity contribution in [3.05, 3.63) is 60.3 Å². The summed E-state index contributed by atoms with van der Waals surface area (Å²) in [5.41, 5.74) is 0.534. The van der Waals surface area contributed by atoms with E-state index in [4.69, 9.17) is 0 Å². The number of aromatic nitrogens is 4. The number of rotatable bonds is 3. The maximum Gasteiger partial charge on any atom is 0.358 e. The Morgan fingerprint density at radius 3 is 2.67 bits per heavy atom. The van der Waals surface area contributed by atoms with E-state index < -0.39 is 11.8 Å². The maximum absolute atomic E-state index is 13.9. The Hall–Kier alpha value is -3.09. The molecule has 0 aliphatic carbocycles. The lowest BCUT2D eigenvalue weighted by Gasteiger charge is -2.07. The normalized spacial score (nSPS) is 10.5. The summed E-state index contributed by atoms with van der Waals surface area (Å²) in [4.78, 5) is 15.2. The predicted molar refractivity (Wildman–Crippen MR) is 71.5 cm³/mol. The fourth-order valence-electron chi connectivity index (χ4n) is 1.98. The van der Waals surface area contributed by atoms with Crippen LogP contribution in [0.2, 0.25) is 0 Å². The number of halogens is 1. The molecule has 21 heavy (non-hydrogen) atoms. The van der Waals surface area contributed by atoms with Gasteiger partial charge in [-0.3, -0.25) is 4.98 Å². The average molecular weight is 284 g/mol. The van der Waals surface area contributed by atoms with Gasteiger partial charge in [0.25, 0.3) is 0 Å². The highest BCUT2D eigenvalue weighted by Gasteiger charge is 2.22. The van der Waals surface area contributed by atoms with Crippen LogP contribution in [0, 0.1) is 5.82 Å². The molecule has 3 rings (SSSR count). The van der Waals surface area contributed by atoms with Gasteiger partial charge in [-0.1, -0.05) is 17.3 Å². The number of carboxylic acid groups (broad SMARTS) is 1. The number of hydrogen-bond donors (Lipinski definition) is 1. The van der Waals surface area contributed by atoms with Crippen LogP contribution in [0.4, 0.5) is 4.39 Å². The number of para-hydroxylation sites is 1. The first-order valence-corrected chi connectivity index (χ1v) is 6.03. The van der Waals surface area contributed by atoms with Crippen LogP contribution in [-0.2, 0) is 0 Å². The third-order valence-electron chi connectivity index (χ3n) is 2.89. The molecule has 0 aliphatic heterocycles. The van der Waals surface area contributed by atoms with Crippen molar-refractivity contribution in [2.24, 2.45) is 0 Å². The van der Waals surface area contributed by atoms with Gasteiger partial charge in [0.15, 0.2) is 5.69 Å². The van der Waals surface area contributed by atoms with Gasteiger partial charge in [-0.15, -0.1) is 5.10 Å². The quantitative estimate of drug-likeness (QED) is 0.797. The lowest BCUT2D eigenvalue weighted by Crippen LogP contribution is -2.04. The van der Waals surface area contributed by atoms with E-state index in [0.29, 0.717) is 5.56 Å². The molecule has 0 amide bonds. The summed E-state index contributed by atoms with van der Waals surface area (Å²) >= 11 is 0. The van der Waals surface area contributed by atoms with E-state index in [1.165, 1.54) is 24.4 Å². The van der Waals surface area contributed by atoms with Crippen LogP contribution in [-0.4, -0.2) is 31.1 Å². The summed E-state index contributed by atoms with van der Waals surface area (Å²) in [6.07, 6.45) is 3.03. The smallest absolute Gasteiger partial charge is 0.358 e. The number of nitrogens with zero attached hydrogens (tertiary/aromatic N) is 4. The summed E-state index contributed by atoms with van der Waals surface area (Å²) in [6, 6.07) is 9.25. The van der Waals surface area contributed by atoms with E-state index in [2.05, 4.69) is 15.3 Å². The van der Waals surface area contributed by atoms with Gasteiger partial charge < -0.3 is 5.11 Å².